The molecule has 0 aliphatic carbocycles. The van der Waals surface area contributed by atoms with Crippen molar-refractivity contribution in [3.8, 4) is 5.75 Å². The molecular weight excluding hydrogens is 347 g/mol. The number of carbonyl (C=O) groups is 1. The fourth-order valence-electron chi connectivity index (χ4n) is 2.22. The predicted molar refractivity (Wildman–Crippen MR) is 88.9 cm³/mol. The molecule has 26 heavy (non-hydrogen) atoms. The van der Waals surface area contributed by atoms with Crippen LogP contribution in [0.5, 0.6) is 5.75 Å². The van der Waals surface area contributed by atoms with Crippen molar-refractivity contribution in [2.24, 2.45) is 0 Å². The van der Waals surface area contributed by atoms with Crippen molar-refractivity contribution in [1.29, 1.82) is 0 Å². The molecule has 0 saturated carbocycles. The van der Waals surface area contributed by atoms with Gasteiger partial charge in [-0.05, 0) is 42.0 Å². The van der Waals surface area contributed by atoms with Crippen molar-refractivity contribution in [2.45, 2.75) is 12.8 Å². The van der Waals surface area contributed by atoms with E-state index in [1.54, 1.807) is 36.4 Å². The molecule has 0 unspecified atom stereocenters. The zero-order chi connectivity index (χ0) is 18.6. The highest BCUT2D eigenvalue weighted by Crippen LogP contribution is 2.29. The third-order valence-electron chi connectivity index (χ3n) is 3.52. The minimum atomic E-state index is -4.36. The summed E-state index contributed by atoms with van der Waals surface area (Å²) >= 11 is 0. The van der Waals surface area contributed by atoms with Gasteiger partial charge in [0.05, 0.1) is 11.8 Å². The molecule has 0 atom stereocenters. The number of halogens is 3. The van der Waals surface area contributed by atoms with Gasteiger partial charge in [-0.3, -0.25) is 4.79 Å². The van der Waals surface area contributed by atoms with Crippen LogP contribution in [0, 0.1) is 0 Å². The number of anilines is 1. The number of alkyl halides is 3. The molecular formula is C19H14F3NO3. The van der Waals surface area contributed by atoms with E-state index in [9.17, 15) is 18.0 Å². The monoisotopic (exact) mass is 361 g/mol. The predicted octanol–water partition coefficient (Wildman–Crippen LogP) is 5.13. The van der Waals surface area contributed by atoms with Gasteiger partial charge in [0.2, 0.25) is 0 Å². The van der Waals surface area contributed by atoms with Gasteiger partial charge in [0.1, 0.15) is 12.4 Å². The maximum Gasteiger partial charge on any atom is 0.416 e. The summed E-state index contributed by atoms with van der Waals surface area (Å²) < 4.78 is 48.2. The molecule has 134 valence electrons. The summed E-state index contributed by atoms with van der Waals surface area (Å²) in [6.07, 6.45) is -2.96. The molecule has 0 radical (unpaired) electrons. The average Bonchev–Trinajstić information content (AvgIpc) is 3.15. The zero-order valence-corrected chi connectivity index (χ0v) is 13.4. The van der Waals surface area contributed by atoms with E-state index in [4.69, 9.17) is 9.15 Å². The van der Waals surface area contributed by atoms with Crippen LogP contribution in [0.15, 0.2) is 71.3 Å². The van der Waals surface area contributed by atoms with Crippen LogP contribution in [-0.2, 0) is 12.8 Å². The summed E-state index contributed by atoms with van der Waals surface area (Å²) in [5.41, 5.74) is 0.406. The Morgan fingerprint density at radius 1 is 1.04 bits per heavy atom. The molecule has 7 heteroatoms. The maximum atomic E-state index is 12.5. The van der Waals surface area contributed by atoms with E-state index >= 15 is 0 Å². The fourth-order valence-corrected chi connectivity index (χ4v) is 2.22. The number of nitrogens with one attached hydrogen (secondary N) is 1. The Labute approximate surface area is 147 Å². The molecule has 2 aromatic carbocycles. The molecule has 4 nitrogen and oxygen atoms in total. The summed E-state index contributed by atoms with van der Waals surface area (Å²) in [4.78, 5) is 11.9. The minimum absolute atomic E-state index is 0.105. The van der Waals surface area contributed by atoms with Crippen molar-refractivity contribution in [1.82, 2.24) is 0 Å². The van der Waals surface area contributed by atoms with Crippen LogP contribution in [0.1, 0.15) is 21.7 Å². The first-order valence-electron chi connectivity index (χ1n) is 7.66. The lowest BCUT2D eigenvalue weighted by Gasteiger charge is -2.10. The first-order valence-corrected chi connectivity index (χ1v) is 7.66. The molecule has 0 bridgehead atoms. The van der Waals surface area contributed by atoms with E-state index in [1.165, 1.54) is 18.4 Å². The van der Waals surface area contributed by atoms with Gasteiger partial charge in [0.25, 0.3) is 5.91 Å². The van der Waals surface area contributed by atoms with Gasteiger partial charge in [0, 0.05) is 11.8 Å². The molecule has 3 rings (SSSR count). The number of amides is 1. The lowest BCUT2D eigenvalue weighted by Crippen LogP contribution is -2.10. The molecule has 0 spiro atoms. The number of rotatable bonds is 5. The second-order valence-electron chi connectivity index (χ2n) is 5.44. The van der Waals surface area contributed by atoms with Crippen molar-refractivity contribution < 1.29 is 27.1 Å². The van der Waals surface area contributed by atoms with Crippen molar-refractivity contribution >= 4 is 11.6 Å². The molecule has 0 aliphatic rings. The van der Waals surface area contributed by atoms with Gasteiger partial charge in [-0.25, -0.2) is 0 Å². The van der Waals surface area contributed by atoms with Crippen LogP contribution in [0.4, 0.5) is 18.9 Å². The summed E-state index contributed by atoms with van der Waals surface area (Å²) in [5, 5.41) is 2.67. The lowest BCUT2D eigenvalue weighted by molar-refractivity contribution is -0.137. The number of ether oxygens (including phenoxy) is 1. The molecule has 0 fully saturated rings. The van der Waals surface area contributed by atoms with Gasteiger partial charge in [-0.2, -0.15) is 13.2 Å². The summed E-state index contributed by atoms with van der Waals surface area (Å²) in [6, 6.07) is 14.6. The summed E-state index contributed by atoms with van der Waals surface area (Å²) in [7, 11) is 0. The van der Waals surface area contributed by atoms with E-state index in [1.807, 2.05) is 0 Å². The molecule has 1 heterocycles. The van der Waals surface area contributed by atoms with E-state index < -0.39 is 17.6 Å². The SMILES string of the molecule is O=C(Nc1cccc(OCc2ccc(C(F)(F)F)cc2)c1)c1ccco1. The molecule has 1 N–H and O–H groups in total. The van der Waals surface area contributed by atoms with Crippen LogP contribution in [0.3, 0.4) is 0 Å². The minimum Gasteiger partial charge on any atom is -0.489 e. The largest absolute Gasteiger partial charge is 0.489 e. The second-order valence-corrected chi connectivity index (χ2v) is 5.44. The van der Waals surface area contributed by atoms with Crippen LogP contribution in [0.25, 0.3) is 0 Å². The highest BCUT2D eigenvalue weighted by molar-refractivity contribution is 6.02. The Morgan fingerprint density at radius 3 is 2.46 bits per heavy atom. The number of furan rings is 1. The van der Waals surface area contributed by atoms with Gasteiger partial charge >= 0.3 is 6.18 Å². The van der Waals surface area contributed by atoms with E-state index in [-0.39, 0.29) is 12.4 Å². The smallest absolute Gasteiger partial charge is 0.416 e. The highest BCUT2D eigenvalue weighted by atomic mass is 19.4. The van der Waals surface area contributed by atoms with E-state index in [2.05, 4.69) is 5.32 Å². The number of benzene rings is 2. The third kappa shape index (κ3) is 4.44. The normalized spacial score (nSPS) is 11.2. The maximum absolute atomic E-state index is 12.5. The van der Waals surface area contributed by atoms with Gasteiger partial charge in [-0.1, -0.05) is 18.2 Å². The summed E-state index contributed by atoms with van der Waals surface area (Å²) in [5.74, 6) is 0.262. The average molecular weight is 361 g/mol. The second kappa shape index (κ2) is 7.35. The first kappa shape index (κ1) is 17.6. The van der Waals surface area contributed by atoms with Gasteiger partial charge in [0.15, 0.2) is 5.76 Å². The Morgan fingerprint density at radius 2 is 1.81 bits per heavy atom. The van der Waals surface area contributed by atoms with Crippen LogP contribution < -0.4 is 10.1 Å². The lowest BCUT2D eigenvalue weighted by atomic mass is 10.1. The Kier molecular flexibility index (Phi) is 4.97. The molecule has 1 amide bonds. The van der Waals surface area contributed by atoms with Crippen LogP contribution in [0.2, 0.25) is 0 Å². The van der Waals surface area contributed by atoms with Crippen LogP contribution >= 0.6 is 0 Å². The van der Waals surface area contributed by atoms with E-state index in [0.29, 0.717) is 17.0 Å². The number of hydrogen-bond acceptors (Lipinski definition) is 3. The number of hydrogen-bond donors (Lipinski definition) is 1. The quantitative estimate of drug-likeness (QED) is 0.685. The van der Waals surface area contributed by atoms with Crippen LogP contribution in [-0.4, -0.2) is 5.91 Å². The third-order valence-corrected chi connectivity index (χ3v) is 3.52. The Hall–Kier alpha value is -3.22. The molecule has 3 aromatic rings. The molecule has 0 aliphatic heterocycles. The van der Waals surface area contributed by atoms with Crippen molar-refractivity contribution in [3.05, 3.63) is 83.8 Å². The zero-order valence-electron chi connectivity index (χ0n) is 13.4. The summed E-state index contributed by atoms with van der Waals surface area (Å²) in [6.45, 7) is 0.105. The topological polar surface area (TPSA) is 51.5 Å². The molecule has 1 aromatic heterocycles. The van der Waals surface area contributed by atoms with Gasteiger partial charge < -0.3 is 14.5 Å². The highest BCUT2D eigenvalue weighted by Gasteiger charge is 2.29. The Bertz CT molecular complexity index is 872. The fraction of sp³-hybridized carbons (Fsp3) is 0.105. The first-order chi connectivity index (χ1) is 12.4. The Balaban J connectivity index is 1.61. The standard InChI is InChI=1S/C19H14F3NO3/c20-19(21,22)14-8-6-13(7-9-14)12-26-16-4-1-3-15(11-16)23-18(24)17-5-2-10-25-17/h1-11H,12H2,(H,23,24). The molecule has 0 saturated heterocycles. The number of carbonyl (C=O) groups excluding carboxylic acids is 1. The van der Waals surface area contributed by atoms with Crippen molar-refractivity contribution in [2.75, 3.05) is 5.32 Å². The van der Waals surface area contributed by atoms with Crippen molar-refractivity contribution in [3.63, 3.8) is 0 Å². The van der Waals surface area contributed by atoms with E-state index in [0.717, 1.165) is 12.1 Å². The van der Waals surface area contributed by atoms with Gasteiger partial charge in [-0.15, -0.1) is 0 Å².